The van der Waals surface area contributed by atoms with Crippen molar-refractivity contribution < 1.29 is 14.3 Å². The number of carbonyl (C=O) groups excluding carboxylic acids is 1. The van der Waals surface area contributed by atoms with Crippen molar-refractivity contribution in [2.75, 3.05) is 44.7 Å². The molecule has 4 heterocycles. The van der Waals surface area contributed by atoms with Crippen LogP contribution in [0.1, 0.15) is 59.7 Å². The van der Waals surface area contributed by atoms with E-state index in [0.717, 1.165) is 42.9 Å². The van der Waals surface area contributed by atoms with Gasteiger partial charge in [-0.05, 0) is 68.5 Å². The van der Waals surface area contributed by atoms with Crippen LogP contribution in [0.25, 0.3) is 0 Å². The number of nitrogens with zero attached hydrogens (tertiary/aromatic N) is 6. The van der Waals surface area contributed by atoms with Crippen LogP contribution < -0.4 is 9.64 Å². The number of aromatic nitrogens is 2. The largest absolute Gasteiger partial charge is 0.462 e. The molecule has 1 aliphatic carbocycles. The first kappa shape index (κ1) is 26.7. The number of nitriles is 1. The van der Waals surface area contributed by atoms with E-state index in [2.05, 4.69) is 47.7 Å². The Morgan fingerprint density at radius 3 is 2.90 bits per heavy atom. The molecule has 0 spiro atoms. The molecule has 1 unspecified atom stereocenters. The maximum atomic E-state index is 12.5. The van der Waals surface area contributed by atoms with Crippen molar-refractivity contribution in [2.45, 2.75) is 69.7 Å². The summed E-state index contributed by atoms with van der Waals surface area (Å²) in [6.07, 6.45) is 7.91. The van der Waals surface area contributed by atoms with Crippen LogP contribution in [-0.2, 0) is 35.4 Å². The van der Waals surface area contributed by atoms with Gasteiger partial charge >= 0.3 is 6.01 Å². The minimum atomic E-state index is -0.240. The first-order valence-electron chi connectivity index (χ1n) is 14.6. The highest BCUT2D eigenvalue weighted by atomic mass is 16.5. The summed E-state index contributed by atoms with van der Waals surface area (Å²) in [6.45, 7) is 7.31. The minimum Gasteiger partial charge on any atom is -0.462 e. The maximum Gasteiger partial charge on any atom is 0.318 e. The van der Waals surface area contributed by atoms with Crippen molar-refractivity contribution in [3.8, 4) is 12.1 Å². The third-order valence-corrected chi connectivity index (χ3v) is 9.03. The van der Waals surface area contributed by atoms with E-state index in [4.69, 9.17) is 19.4 Å². The fourth-order valence-corrected chi connectivity index (χ4v) is 6.80. The van der Waals surface area contributed by atoms with Crippen LogP contribution in [0.2, 0.25) is 0 Å². The van der Waals surface area contributed by atoms with Gasteiger partial charge in [0, 0.05) is 37.7 Å². The molecule has 210 valence electrons. The van der Waals surface area contributed by atoms with Crippen molar-refractivity contribution in [2.24, 2.45) is 0 Å². The summed E-state index contributed by atoms with van der Waals surface area (Å²) in [6, 6.07) is 9.36. The predicted molar refractivity (Wildman–Crippen MR) is 151 cm³/mol. The Morgan fingerprint density at radius 1 is 1.20 bits per heavy atom. The number of aryl methyl sites for hydroxylation is 1. The second-order valence-corrected chi connectivity index (χ2v) is 11.4. The van der Waals surface area contributed by atoms with Crippen molar-refractivity contribution in [1.29, 1.82) is 5.26 Å². The zero-order valence-corrected chi connectivity index (χ0v) is 23.3. The second-order valence-electron chi connectivity index (χ2n) is 11.4. The number of piperazine rings is 1. The van der Waals surface area contributed by atoms with Gasteiger partial charge in [0.25, 0.3) is 0 Å². The van der Waals surface area contributed by atoms with Gasteiger partial charge in [-0.3, -0.25) is 4.79 Å². The topological polar surface area (TPSA) is 94.8 Å². The lowest BCUT2D eigenvalue weighted by Crippen LogP contribution is -2.55. The van der Waals surface area contributed by atoms with Crippen LogP contribution in [-0.4, -0.2) is 77.6 Å². The molecule has 3 aliphatic heterocycles. The highest BCUT2D eigenvalue weighted by Gasteiger charge is 2.35. The standard InChI is InChI=1S/C31H38N6O3/c1-3-29(38)37-16-15-36(18-22(37)12-13-32)30-26-20-39-28(25-11-5-8-21-7-4-10-24(21)25)17-27(26)33-31(34-30)40-19-23-9-6-14-35(23)2/h3,5,8,11,22-23,28H,1,4,6-7,9-10,12,14-20H2,2H3/t22-,23-,28?/m0/s1. The van der Waals surface area contributed by atoms with E-state index in [0.29, 0.717) is 51.3 Å². The average molecular weight is 543 g/mol. The number of ether oxygens (including phenoxy) is 2. The molecule has 0 saturated carbocycles. The number of fused-ring (bicyclic) bond motifs is 2. The molecule has 40 heavy (non-hydrogen) atoms. The van der Waals surface area contributed by atoms with Gasteiger partial charge in [0.1, 0.15) is 12.4 Å². The quantitative estimate of drug-likeness (QED) is 0.492. The number of likely N-dealkylation sites (tertiary alicyclic amines) is 1. The predicted octanol–water partition coefficient (Wildman–Crippen LogP) is 3.37. The van der Waals surface area contributed by atoms with Crippen LogP contribution in [0.5, 0.6) is 6.01 Å². The first-order valence-corrected chi connectivity index (χ1v) is 14.6. The summed E-state index contributed by atoms with van der Waals surface area (Å²) in [4.78, 5) is 28.6. The number of carbonyl (C=O) groups is 1. The summed E-state index contributed by atoms with van der Waals surface area (Å²) in [5.74, 6) is 0.654. The Morgan fingerprint density at radius 2 is 2.10 bits per heavy atom. The number of anilines is 1. The lowest BCUT2D eigenvalue weighted by molar-refractivity contribution is -0.128. The highest BCUT2D eigenvalue weighted by molar-refractivity contribution is 5.87. The van der Waals surface area contributed by atoms with Crippen molar-refractivity contribution >= 4 is 11.7 Å². The van der Waals surface area contributed by atoms with E-state index in [1.54, 1.807) is 4.90 Å². The Kier molecular flexibility index (Phi) is 7.72. The normalized spacial score (nSPS) is 24.4. The summed E-state index contributed by atoms with van der Waals surface area (Å²) in [5.41, 5.74) is 6.10. The van der Waals surface area contributed by atoms with Gasteiger partial charge in [0.15, 0.2) is 0 Å². The number of hydrogen-bond donors (Lipinski definition) is 0. The first-order chi connectivity index (χ1) is 19.6. The third kappa shape index (κ3) is 5.18. The molecular weight excluding hydrogens is 504 g/mol. The Hall–Kier alpha value is -3.48. The number of benzene rings is 1. The lowest BCUT2D eigenvalue weighted by atomic mass is 9.93. The van der Waals surface area contributed by atoms with Gasteiger partial charge in [-0.25, -0.2) is 0 Å². The van der Waals surface area contributed by atoms with Gasteiger partial charge in [-0.1, -0.05) is 24.8 Å². The van der Waals surface area contributed by atoms with Crippen molar-refractivity contribution in [3.63, 3.8) is 0 Å². The van der Waals surface area contributed by atoms with Gasteiger partial charge in [-0.15, -0.1) is 0 Å². The molecule has 2 aromatic rings. The average Bonchev–Trinajstić information content (AvgIpc) is 3.63. The van der Waals surface area contributed by atoms with Crippen molar-refractivity contribution in [1.82, 2.24) is 19.8 Å². The minimum absolute atomic E-state index is 0.0505. The van der Waals surface area contributed by atoms with Crippen molar-refractivity contribution in [3.05, 3.63) is 58.8 Å². The van der Waals surface area contributed by atoms with Gasteiger partial charge in [0.2, 0.25) is 5.91 Å². The Balaban J connectivity index is 1.31. The zero-order chi connectivity index (χ0) is 27.6. The maximum absolute atomic E-state index is 12.5. The number of amides is 1. The number of likely N-dealkylation sites (N-methyl/N-ethyl adjacent to an activating group) is 1. The molecule has 1 aromatic carbocycles. The Labute approximate surface area is 236 Å². The molecule has 9 nitrogen and oxygen atoms in total. The van der Waals surface area contributed by atoms with Crippen LogP contribution >= 0.6 is 0 Å². The van der Waals surface area contributed by atoms with Crippen LogP contribution in [0.15, 0.2) is 30.9 Å². The van der Waals surface area contributed by atoms with Gasteiger partial charge < -0.3 is 24.2 Å². The summed E-state index contributed by atoms with van der Waals surface area (Å²) in [5, 5.41) is 9.48. The van der Waals surface area contributed by atoms with E-state index < -0.39 is 0 Å². The second kappa shape index (κ2) is 11.6. The van der Waals surface area contributed by atoms with Gasteiger partial charge in [0.05, 0.1) is 36.9 Å². The molecule has 6 rings (SSSR count). The highest BCUT2D eigenvalue weighted by Crippen LogP contribution is 2.39. The van der Waals surface area contributed by atoms with E-state index >= 15 is 0 Å². The molecule has 3 atom stereocenters. The molecule has 2 fully saturated rings. The molecule has 1 aromatic heterocycles. The molecule has 0 radical (unpaired) electrons. The zero-order valence-electron chi connectivity index (χ0n) is 23.3. The molecule has 4 aliphatic rings. The summed E-state index contributed by atoms with van der Waals surface area (Å²) in [7, 11) is 2.14. The van der Waals surface area contributed by atoms with Crippen LogP contribution in [0.3, 0.4) is 0 Å². The molecule has 0 N–H and O–H groups in total. The van der Waals surface area contributed by atoms with Crippen LogP contribution in [0, 0.1) is 11.3 Å². The monoisotopic (exact) mass is 542 g/mol. The molecular formula is C31H38N6O3. The van der Waals surface area contributed by atoms with Gasteiger partial charge in [-0.2, -0.15) is 15.2 Å². The lowest BCUT2D eigenvalue weighted by Gasteiger charge is -2.42. The molecule has 0 bridgehead atoms. The SMILES string of the molecule is C=CC(=O)N1CCN(c2nc(OC[C@@H]3CCCN3C)nc3c2COC(c2cccc4c2CCC4)C3)C[C@@H]1CC#N. The van der Waals surface area contributed by atoms with E-state index in [9.17, 15) is 10.1 Å². The fraction of sp³-hybridized carbons (Fsp3) is 0.548. The molecule has 9 heteroatoms. The van der Waals surface area contributed by atoms with E-state index in [1.165, 1.54) is 35.6 Å². The summed E-state index contributed by atoms with van der Waals surface area (Å²) >= 11 is 0. The molecule has 1 amide bonds. The van der Waals surface area contributed by atoms with E-state index in [-0.39, 0.29) is 24.5 Å². The smallest absolute Gasteiger partial charge is 0.318 e. The fourth-order valence-electron chi connectivity index (χ4n) is 6.80. The third-order valence-electron chi connectivity index (χ3n) is 9.03. The Bertz CT molecular complexity index is 1320. The van der Waals surface area contributed by atoms with E-state index in [1.807, 2.05) is 0 Å². The number of rotatable bonds is 7. The number of hydrogen-bond acceptors (Lipinski definition) is 8. The summed E-state index contributed by atoms with van der Waals surface area (Å²) < 4.78 is 12.8. The molecule has 2 saturated heterocycles. The van der Waals surface area contributed by atoms with Crippen LogP contribution in [0.4, 0.5) is 5.82 Å².